The summed E-state index contributed by atoms with van der Waals surface area (Å²) in [5, 5.41) is 5.83. The summed E-state index contributed by atoms with van der Waals surface area (Å²) in [6, 6.07) is 7.89. The first kappa shape index (κ1) is 14.7. The van der Waals surface area contributed by atoms with Crippen LogP contribution in [0.3, 0.4) is 0 Å². The molecule has 0 aliphatic heterocycles. The van der Waals surface area contributed by atoms with E-state index in [1.165, 1.54) is 0 Å². The minimum atomic E-state index is -0.407. The lowest BCUT2D eigenvalue weighted by atomic mass is 9.94. The van der Waals surface area contributed by atoms with Crippen LogP contribution >= 0.6 is 15.9 Å². The van der Waals surface area contributed by atoms with Gasteiger partial charge in [0.15, 0.2) is 0 Å². The summed E-state index contributed by atoms with van der Waals surface area (Å²) in [6.07, 6.45) is 5.10. The number of nitrogens with one attached hydrogen (secondary N) is 2. The zero-order valence-electron chi connectivity index (χ0n) is 10.6. The molecule has 0 unspecified atom stereocenters. The molecule has 0 spiro atoms. The lowest BCUT2D eigenvalue weighted by molar-refractivity contribution is -0.121. The minimum Gasteiger partial charge on any atom is -0.346 e. The highest BCUT2D eigenvalue weighted by Crippen LogP contribution is 2.21. The van der Waals surface area contributed by atoms with E-state index in [4.69, 9.17) is 6.42 Å². The Morgan fingerprint density at radius 3 is 2.56 bits per heavy atom. The third-order valence-corrected chi connectivity index (χ3v) is 3.06. The van der Waals surface area contributed by atoms with Gasteiger partial charge in [0.05, 0.1) is 18.6 Å². The van der Waals surface area contributed by atoms with Gasteiger partial charge in [0.1, 0.15) is 0 Å². The molecule has 0 heterocycles. The largest absolute Gasteiger partial charge is 0.346 e. The molecule has 0 aliphatic rings. The van der Waals surface area contributed by atoms with Gasteiger partial charge >= 0.3 is 0 Å². The van der Waals surface area contributed by atoms with Crippen molar-refractivity contribution in [2.24, 2.45) is 0 Å². The Kier molecular flexibility index (Phi) is 5.39. The minimum absolute atomic E-state index is 0.0711. The molecule has 18 heavy (non-hydrogen) atoms. The normalized spacial score (nSPS) is 10.8. The van der Waals surface area contributed by atoms with Gasteiger partial charge in [0, 0.05) is 4.47 Å². The molecule has 0 aromatic heterocycles. The van der Waals surface area contributed by atoms with Gasteiger partial charge in [-0.15, -0.1) is 6.42 Å². The highest BCUT2D eigenvalue weighted by Gasteiger charge is 2.22. The SMILES string of the molecule is C#CCNCC(=O)NC(C)(C)c1ccc(Br)cc1. The standard InChI is InChI=1S/C14H17BrN2O/c1-4-9-16-10-13(18)17-14(2,3)11-5-7-12(15)8-6-11/h1,5-8,16H,9-10H2,2-3H3,(H,17,18). The molecule has 0 saturated heterocycles. The molecule has 1 aromatic carbocycles. The van der Waals surface area contributed by atoms with Crippen LogP contribution in [0, 0.1) is 12.3 Å². The maximum atomic E-state index is 11.7. The molecule has 1 rings (SSSR count). The topological polar surface area (TPSA) is 41.1 Å². The first-order chi connectivity index (χ1) is 8.45. The Balaban J connectivity index is 2.61. The summed E-state index contributed by atoms with van der Waals surface area (Å²) in [4.78, 5) is 11.7. The third-order valence-electron chi connectivity index (χ3n) is 2.53. The van der Waals surface area contributed by atoms with Crippen LogP contribution in [0.1, 0.15) is 19.4 Å². The van der Waals surface area contributed by atoms with Crippen molar-refractivity contribution < 1.29 is 4.79 Å². The zero-order chi connectivity index (χ0) is 13.6. The number of hydrogen-bond acceptors (Lipinski definition) is 2. The lowest BCUT2D eigenvalue weighted by Gasteiger charge is -2.27. The highest BCUT2D eigenvalue weighted by atomic mass is 79.9. The molecule has 0 bridgehead atoms. The van der Waals surface area contributed by atoms with Crippen LogP contribution in [0.15, 0.2) is 28.7 Å². The zero-order valence-corrected chi connectivity index (χ0v) is 12.2. The van der Waals surface area contributed by atoms with Crippen LogP contribution in [0.2, 0.25) is 0 Å². The first-order valence-electron chi connectivity index (χ1n) is 5.67. The van der Waals surface area contributed by atoms with E-state index in [0.29, 0.717) is 6.54 Å². The number of halogens is 1. The number of terminal acetylenes is 1. The molecule has 0 saturated carbocycles. The van der Waals surface area contributed by atoms with Gasteiger partial charge < -0.3 is 5.32 Å². The van der Waals surface area contributed by atoms with Crippen molar-refractivity contribution >= 4 is 21.8 Å². The van der Waals surface area contributed by atoms with Crippen molar-refractivity contribution in [1.29, 1.82) is 0 Å². The Bertz CT molecular complexity index is 446. The average molecular weight is 309 g/mol. The Hall–Kier alpha value is -1.31. The van der Waals surface area contributed by atoms with Crippen molar-refractivity contribution in [3.8, 4) is 12.3 Å². The van der Waals surface area contributed by atoms with Crippen LogP contribution in [0.25, 0.3) is 0 Å². The molecule has 3 nitrogen and oxygen atoms in total. The van der Waals surface area contributed by atoms with E-state index in [2.05, 4.69) is 32.5 Å². The molecule has 0 fully saturated rings. The van der Waals surface area contributed by atoms with Crippen molar-refractivity contribution in [3.63, 3.8) is 0 Å². The first-order valence-corrected chi connectivity index (χ1v) is 6.46. The van der Waals surface area contributed by atoms with E-state index in [1.54, 1.807) is 0 Å². The van der Waals surface area contributed by atoms with Gasteiger partial charge in [-0.1, -0.05) is 34.0 Å². The second kappa shape index (κ2) is 6.58. The van der Waals surface area contributed by atoms with Gasteiger partial charge in [-0.25, -0.2) is 0 Å². The predicted octanol–water partition coefficient (Wildman–Crippen LogP) is 2.02. The van der Waals surface area contributed by atoms with Crippen LogP contribution in [0.4, 0.5) is 0 Å². The van der Waals surface area contributed by atoms with Gasteiger partial charge in [0.25, 0.3) is 0 Å². The van der Waals surface area contributed by atoms with Gasteiger partial charge in [-0.2, -0.15) is 0 Å². The Labute approximate surface area is 116 Å². The van der Waals surface area contributed by atoms with E-state index < -0.39 is 5.54 Å². The molecular weight excluding hydrogens is 292 g/mol. The fraction of sp³-hybridized carbons (Fsp3) is 0.357. The molecule has 0 aliphatic carbocycles. The second-order valence-corrected chi connectivity index (χ2v) is 5.40. The Morgan fingerprint density at radius 1 is 1.39 bits per heavy atom. The smallest absolute Gasteiger partial charge is 0.234 e. The number of rotatable bonds is 5. The fourth-order valence-corrected chi connectivity index (χ4v) is 1.84. The summed E-state index contributed by atoms with van der Waals surface area (Å²) < 4.78 is 1.02. The average Bonchev–Trinajstić information content (AvgIpc) is 2.29. The highest BCUT2D eigenvalue weighted by molar-refractivity contribution is 9.10. The maximum absolute atomic E-state index is 11.7. The number of carbonyl (C=O) groups is 1. The monoisotopic (exact) mass is 308 g/mol. The molecular formula is C14H17BrN2O. The summed E-state index contributed by atoms with van der Waals surface area (Å²) in [6.45, 7) is 4.56. The molecule has 96 valence electrons. The van der Waals surface area contributed by atoms with Crippen molar-refractivity contribution in [3.05, 3.63) is 34.3 Å². The van der Waals surface area contributed by atoms with E-state index in [1.807, 2.05) is 38.1 Å². The van der Waals surface area contributed by atoms with Gasteiger partial charge in [-0.3, -0.25) is 10.1 Å². The molecule has 2 N–H and O–H groups in total. The number of carbonyl (C=O) groups excluding carboxylic acids is 1. The van der Waals surface area contributed by atoms with E-state index >= 15 is 0 Å². The molecule has 1 amide bonds. The van der Waals surface area contributed by atoms with E-state index in [-0.39, 0.29) is 12.5 Å². The van der Waals surface area contributed by atoms with Gasteiger partial charge in [-0.05, 0) is 31.5 Å². The van der Waals surface area contributed by atoms with Crippen molar-refractivity contribution in [1.82, 2.24) is 10.6 Å². The van der Waals surface area contributed by atoms with Gasteiger partial charge in [0.2, 0.25) is 5.91 Å². The second-order valence-electron chi connectivity index (χ2n) is 4.49. The summed E-state index contributed by atoms with van der Waals surface area (Å²) in [7, 11) is 0. The molecule has 0 radical (unpaired) electrons. The number of amides is 1. The molecule has 4 heteroatoms. The van der Waals surface area contributed by atoms with E-state index in [9.17, 15) is 4.79 Å². The quantitative estimate of drug-likeness (QED) is 0.645. The van der Waals surface area contributed by atoms with Crippen molar-refractivity contribution in [2.45, 2.75) is 19.4 Å². The summed E-state index contributed by atoms with van der Waals surface area (Å²) in [5.74, 6) is 2.36. The van der Waals surface area contributed by atoms with E-state index in [0.717, 1.165) is 10.0 Å². The predicted molar refractivity (Wildman–Crippen MR) is 77.0 cm³/mol. The maximum Gasteiger partial charge on any atom is 0.234 e. The number of benzene rings is 1. The fourth-order valence-electron chi connectivity index (χ4n) is 1.58. The third kappa shape index (κ3) is 4.52. The number of hydrogen-bond donors (Lipinski definition) is 2. The molecule has 0 atom stereocenters. The van der Waals surface area contributed by atoms with Crippen LogP contribution in [-0.2, 0) is 10.3 Å². The van der Waals surface area contributed by atoms with Crippen LogP contribution < -0.4 is 10.6 Å². The summed E-state index contributed by atoms with van der Waals surface area (Å²) >= 11 is 3.39. The summed E-state index contributed by atoms with van der Waals surface area (Å²) in [5.41, 5.74) is 0.645. The van der Waals surface area contributed by atoms with Crippen molar-refractivity contribution in [2.75, 3.05) is 13.1 Å². The molecule has 1 aromatic rings. The Morgan fingerprint density at radius 2 is 2.00 bits per heavy atom. The van der Waals surface area contributed by atoms with Crippen LogP contribution in [0.5, 0.6) is 0 Å². The van der Waals surface area contributed by atoms with Crippen LogP contribution in [-0.4, -0.2) is 19.0 Å². The lowest BCUT2D eigenvalue weighted by Crippen LogP contribution is -2.45.